The molecule has 0 fully saturated rings. The summed E-state index contributed by atoms with van der Waals surface area (Å²) in [5.74, 6) is -0.523. The fourth-order valence-electron chi connectivity index (χ4n) is 2.47. The highest BCUT2D eigenvalue weighted by Crippen LogP contribution is 2.37. The number of hydrogen-bond donors (Lipinski definition) is 0. The number of carbonyl (C=O) groups is 1. The lowest BCUT2D eigenvalue weighted by molar-refractivity contribution is -0.141. The zero-order valence-electron chi connectivity index (χ0n) is 13.1. The van der Waals surface area contributed by atoms with Crippen molar-refractivity contribution in [1.82, 2.24) is 9.97 Å². The first kappa shape index (κ1) is 16.0. The molecule has 1 atom stereocenters. The Morgan fingerprint density at radius 1 is 1.35 bits per heavy atom. The van der Waals surface area contributed by atoms with Crippen LogP contribution in [0.4, 0.5) is 0 Å². The van der Waals surface area contributed by atoms with Crippen molar-refractivity contribution < 1.29 is 9.53 Å². The molecular weight excluding hydrogens is 328 g/mol. The van der Waals surface area contributed by atoms with E-state index in [2.05, 4.69) is 15.3 Å². The van der Waals surface area contributed by atoms with Crippen LogP contribution in [0.1, 0.15) is 18.4 Å². The minimum Gasteiger partial charge on any atom is -0.469 e. The lowest BCUT2D eigenvalue weighted by Crippen LogP contribution is -2.10. The van der Waals surface area contributed by atoms with Gasteiger partial charge in [0, 0.05) is 10.9 Å². The van der Waals surface area contributed by atoms with Crippen LogP contribution in [0.2, 0.25) is 0 Å². The molecule has 1 aromatic carbocycles. The van der Waals surface area contributed by atoms with E-state index >= 15 is 0 Å². The van der Waals surface area contributed by atoms with Gasteiger partial charge in [-0.3, -0.25) is 4.79 Å². The third-order valence-electron chi connectivity index (χ3n) is 3.77. The summed E-state index contributed by atoms with van der Waals surface area (Å²) < 4.78 is 5.94. The average Bonchev–Trinajstić information content (AvgIpc) is 3.04. The van der Waals surface area contributed by atoms with Crippen molar-refractivity contribution in [1.29, 1.82) is 0 Å². The van der Waals surface area contributed by atoms with E-state index in [4.69, 9.17) is 4.74 Å². The quantitative estimate of drug-likeness (QED) is 0.400. The van der Waals surface area contributed by atoms with E-state index in [1.54, 1.807) is 29.4 Å². The molecule has 0 bridgehead atoms. The zero-order valence-corrected chi connectivity index (χ0v) is 14.7. The van der Waals surface area contributed by atoms with E-state index in [0.717, 1.165) is 31.9 Å². The second-order valence-electron chi connectivity index (χ2n) is 5.08. The van der Waals surface area contributed by atoms with Gasteiger partial charge in [-0.15, -0.1) is 23.1 Å². The second-order valence-corrected chi connectivity index (χ2v) is 6.75. The van der Waals surface area contributed by atoms with Crippen molar-refractivity contribution in [3.05, 3.63) is 41.5 Å². The van der Waals surface area contributed by atoms with Crippen LogP contribution < -0.4 is 0 Å². The number of hydrogen-bond acceptors (Lipinski definition) is 6. The van der Waals surface area contributed by atoms with Gasteiger partial charge in [-0.25, -0.2) is 9.97 Å². The Bertz CT molecular complexity index is 861. The van der Waals surface area contributed by atoms with Gasteiger partial charge in [-0.1, -0.05) is 24.3 Å². The Morgan fingerprint density at radius 2 is 2.17 bits per heavy atom. The molecule has 0 saturated carbocycles. The summed E-state index contributed by atoms with van der Waals surface area (Å²) in [6, 6.07) is 7.98. The number of methoxy groups -OCH3 is 1. The molecular formula is C17H16N2O2S2. The lowest BCUT2D eigenvalue weighted by atomic mass is 9.97. The van der Waals surface area contributed by atoms with E-state index in [9.17, 15) is 4.79 Å². The minimum atomic E-state index is -0.291. The maximum atomic E-state index is 11.8. The third-order valence-corrected chi connectivity index (χ3v) is 5.57. The Balaban J connectivity index is 2.08. The number of benzene rings is 1. The third kappa shape index (κ3) is 2.96. The maximum Gasteiger partial charge on any atom is 0.312 e. The SMILES string of the molecule is COC(=O)C(C)c1cccc(-c2csc3c(SC)ncnc23)c1. The van der Waals surface area contributed by atoms with Crippen LogP contribution in [0.3, 0.4) is 0 Å². The van der Waals surface area contributed by atoms with Crippen molar-refractivity contribution in [2.45, 2.75) is 17.9 Å². The molecule has 118 valence electrons. The van der Waals surface area contributed by atoms with Crippen molar-refractivity contribution in [2.75, 3.05) is 13.4 Å². The second kappa shape index (κ2) is 6.68. The predicted molar refractivity (Wildman–Crippen MR) is 95.1 cm³/mol. The van der Waals surface area contributed by atoms with Crippen LogP contribution in [0.15, 0.2) is 41.0 Å². The van der Waals surface area contributed by atoms with E-state index in [1.807, 2.05) is 37.4 Å². The van der Waals surface area contributed by atoms with Crippen LogP contribution in [-0.4, -0.2) is 29.3 Å². The summed E-state index contributed by atoms with van der Waals surface area (Å²) in [5, 5.41) is 3.09. The topological polar surface area (TPSA) is 52.1 Å². The number of esters is 1. The molecule has 2 aromatic heterocycles. The molecule has 0 aliphatic heterocycles. The van der Waals surface area contributed by atoms with Crippen LogP contribution in [0.5, 0.6) is 0 Å². The molecule has 0 radical (unpaired) electrons. The van der Waals surface area contributed by atoms with Gasteiger partial charge in [0.05, 0.1) is 23.2 Å². The van der Waals surface area contributed by atoms with Gasteiger partial charge in [0.15, 0.2) is 0 Å². The van der Waals surface area contributed by atoms with Gasteiger partial charge in [-0.05, 0) is 24.3 Å². The first-order chi connectivity index (χ1) is 11.2. The fraction of sp³-hybridized carbons (Fsp3) is 0.235. The maximum absolute atomic E-state index is 11.8. The standard InChI is InChI=1S/C17H16N2O2S2/c1-10(17(20)21-2)11-5-4-6-12(7-11)13-8-23-15-14(13)18-9-19-16(15)22-3/h4-10H,1-3H3. The Labute approximate surface area is 142 Å². The molecule has 1 unspecified atom stereocenters. The number of ether oxygens (including phenoxy) is 1. The summed E-state index contributed by atoms with van der Waals surface area (Å²) in [4.78, 5) is 20.5. The molecule has 2 heterocycles. The summed E-state index contributed by atoms with van der Waals surface area (Å²) in [7, 11) is 1.41. The molecule has 23 heavy (non-hydrogen) atoms. The molecule has 0 N–H and O–H groups in total. The van der Waals surface area contributed by atoms with Crippen molar-refractivity contribution in [3.63, 3.8) is 0 Å². The molecule has 0 aliphatic carbocycles. The smallest absolute Gasteiger partial charge is 0.312 e. The first-order valence-corrected chi connectivity index (χ1v) is 9.20. The normalized spacial score (nSPS) is 12.3. The van der Waals surface area contributed by atoms with Crippen LogP contribution in [-0.2, 0) is 9.53 Å². The van der Waals surface area contributed by atoms with E-state index in [-0.39, 0.29) is 11.9 Å². The van der Waals surface area contributed by atoms with Gasteiger partial charge in [0.25, 0.3) is 0 Å². The fourth-order valence-corrected chi connectivity index (χ4v) is 4.21. The first-order valence-electron chi connectivity index (χ1n) is 7.10. The number of thiophene rings is 1. The monoisotopic (exact) mass is 344 g/mol. The summed E-state index contributed by atoms with van der Waals surface area (Å²) >= 11 is 3.27. The largest absolute Gasteiger partial charge is 0.469 e. The van der Waals surface area contributed by atoms with E-state index in [0.29, 0.717) is 0 Å². The molecule has 0 saturated heterocycles. The Hall–Kier alpha value is -1.92. The van der Waals surface area contributed by atoms with Gasteiger partial charge in [0.1, 0.15) is 11.4 Å². The molecule has 3 aromatic rings. The lowest BCUT2D eigenvalue weighted by Gasteiger charge is -2.10. The highest BCUT2D eigenvalue weighted by Gasteiger charge is 2.17. The highest BCUT2D eigenvalue weighted by atomic mass is 32.2. The predicted octanol–water partition coefficient (Wildman–Crippen LogP) is 4.36. The Morgan fingerprint density at radius 3 is 2.91 bits per heavy atom. The number of aromatic nitrogens is 2. The summed E-state index contributed by atoms with van der Waals surface area (Å²) in [5.41, 5.74) is 4.02. The van der Waals surface area contributed by atoms with Crippen molar-refractivity contribution in [3.8, 4) is 11.1 Å². The number of nitrogens with zero attached hydrogens (tertiary/aromatic N) is 2. The van der Waals surface area contributed by atoms with Gasteiger partial charge in [-0.2, -0.15) is 0 Å². The van der Waals surface area contributed by atoms with Gasteiger partial charge < -0.3 is 4.74 Å². The van der Waals surface area contributed by atoms with E-state index < -0.39 is 0 Å². The number of rotatable bonds is 4. The van der Waals surface area contributed by atoms with Gasteiger partial charge >= 0.3 is 5.97 Å². The number of fused-ring (bicyclic) bond motifs is 1. The van der Waals surface area contributed by atoms with Crippen LogP contribution in [0.25, 0.3) is 21.3 Å². The van der Waals surface area contributed by atoms with Crippen LogP contribution >= 0.6 is 23.1 Å². The van der Waals surface area contributed by atoms with E-state index in [1.165, 1.54) is 7.11 Å². The van der Waals surface area contributed by atoms with Crippen LogP contribution in [0, 0.1) is 0 Å². The molecule has 4 nitrogen and oxygen atoms in total. The zero-order chi connectivity index (χ0) is 16.4. The van der Waals surface area contributed by atoms with Gasteiger partial charge in [0.2, 0.25) is 0 Å². The number of carbonyl (C=O) groups excluding carboxylic acids is 1. The Kier molecular flexibility index (Phi) is 4.63. The molecule has 0 aliphatic rings. The van der Waals surface area contributed by atoms with Crippen molar-refractivity contribution in [2.24, 2.45) is 0 Å². The summed E-state index contributed by atoms with van der Waals surface area (Å²) in [6.45, 7) is 1.85. The summed E-state index contributed by atoms with van der Waals surface area (Å²) in [6.07, 6.45) is 3.62. The van der Waals surface area contributed by atoms with Crippen molar-refractivity contribution >= 4 is 39.3 Å². The minimum absolute atomic E-state index is 0.232. The molecule has 3 rings (SSSR count). The molecule has 6 heteroatoms. The highest BCUT2D eigenvalue weighted by molar-refractivity contribution is 7.98. The average molecular weight is 344 g/mol. The molecule has 0 spiro atoms. The molecule has 0 amide bonds. The number of thioether (sulfide) groups is 1.